The second-order valence-electron chi connectivity index (χ2n) is 7.14. The molecule has 1 aromatic heterocycles. The van der Waals surface area contributed by atoms with Gasteiger partial charge in [-0.05, 0) is 25.7 Å². The van der Waals surface area contributed by atoms with Crippen LogP contribution < -0.4 is 0 Å². The number of likely N-dealkylation sites (tertiary alicyclic amines) is 1. The number of hydrogen-bond donors (Lipinski definition) is 1. The van der Waals surface area contributed by atoms with Crippen LogP contribution in [0, 0.1) is 5.41 Å². The van der Waals surface area contributed by atoms with Crippen LogP contribution in [-0.4, -0.2) is 53.9 Å². The molecule has 0 bridgehead atoms. The number of fused-ring (bicyclic) bond motifs is 1. The highest BCUT2D eigenvalue weighted by Gasteiger charge is 2.47. The lowest BCUT2D eigenvalue weighted by Gasteiger charge is -2.43. The molecule has 0 unspecified atom stereocenters. The van der Waals surface area contributed by atoms with Gasteiger partial charge in [-0.3, -0.25) is 9.89 Å². The number of piperidine rings is 1. The quantitative estimate of drug-likeness (QED) is 0.904. The average molecular weight is 319 g/mol. The average Bonchev–Trinajstić information content (AvgIpc) is 3.18. The summed E-state index contributed by atoms with van der Waals surface area (Å²) >= 11 is 0. The third-order valence-electron chi connectivity index (χ3n) is 5.90. The van der Waals surface area contributed by atoms with Crippen molar-refractivity contribution in [3.8, 4) is 0 Å². The largest absolute Gasteiger partial charge is 0.381 e. The summed E-state index contributed by atoms with van der Waals surface area (Å²) in [4.78, 5) is 15.0. The molecular weight excluding hydrogens is 294 g/mol. The number of nitrogens with one attached hydrogen (secondary N) is 1. The molecule has 1 aromatic rings. The minimum absolute atomic E-state index is 0.0498. The minimum atomic E-state index is 0.0498. The number of aromatic amines is 1. The van der Waals surface area contributed by atoms with E-state index in [1.165, 1.54) is 6.42 Å². The molecule has 6 heteroatoms. The highest BCUT2D eigenvalue weighted by Crippen LogP contribution is 2.46. The molecule has 0 aromatic carbocycles. The van der Waals surface area contributed by atoms with Gasteiger partial charge in [-0.25, -0.2) is 0 Å². The van der Waals surface area contributed by atoms with Crippen molar-refractivity contribution < 1.29 is 14.3 Å². The first-order valence-electron chi connectivity index (χ1n) is 8.69. The first-order valence-corrected chi connectivity index (χ1v) is 8.69. The summed E-state index contributed by atoms with van der Waals surface area (Å²) in [6.45, 7) is 2.81. The number of methoxy groups -OCH3 is 1. The first kappa shape index (κ1) is 15.1. The Balaban J connectivity index is 1.56. The molecule has 126 valence electrons. The Kier molecular flexibility index (Phi) is 3.89. The summed E-state index contributed by atoms with van der Waals surface area (Å²) in [5, 5.41) is 7.32. The maximum Gasteiger partial charge on any atom is 0.274 e. The van der Waals surface area contributed by atoms with Crippen molar-refractivity contribution in [1.29, 1.82) is 0 Å². The third kappa shape index (κ3) is 2.48. The van der Waals surface area contributed by atoms with E-state index in [4.69, 9.17) is 9.47 Å². The molecule has 23 heavy (non-hydrogen) atoms. The summed E-state index contributed by atoms with van der Waals surface area (Å²) in [5.74, 6) is 0.0498. The molecule has 3 aliphatic rings. The maximum atomic E-state index is 13.0. The smallest absolute Gasteiger partial charge is 0.274 e. The molecule has 4 rings (SSSR count). The van der Waals surface area contributed by atoms with Gasteiger partial charge in [0.1, 0.15) is 0 Å². The molecule has 6 nitrogen and oxygen atoms in total. The highest BCUT2D eigenvalue weighted by molar-refractivity contribution is 5.94. The Morgan fingerprint density at radius 3 is 3.17 bits per heavy atom. The number of rotatable bonds is 2. The van der Waals surface area contributed by atoms with Crippen LogP contribution in [0.2, 0.25) is 0 Å². The van der Waals surface area contributed by atoms with E-state index in [0.29, 0.717) is 18.9 Å². The maximum absolute atomic E-state index is 13.0. The van der Waals surface area contributed by atoms with Crippen molar-refractivity contribution in [2.24, 2.45) is 5.41 Å². The molecule has 1 N–H and O–H groups in total. The monoisotopic (exact) mass is 319 g/mol. The lowest BCUT2D eigenvalue weighted by molar-refractivity contribution is -0.0297. The number of carbonyl (C=O) groups is 1. The fourth-order valence-electron chi connectivity index (χ4n) is 4.71. The number of H-pyrrole nitrogens is 1. The Hall–Kier alpha value is -1.40. The molecule has 1 saturated carbocycles. The molecule has 0 radical (unpaired) electrons. The lowest BCUT2D eigenvalue weighted by atomic mass is 9.76. The molecular formula is C17H25N3O3. The summed E-state index contributed by atoms with van der Waals surface area (Å²) in [5.41, 5.74) is 2.72. The van der Waals surface area contributed by atoms with E-state index in [9.17, 15) is 4.79 Å². The molecule has 2 fully saturated rings. The van der Waals surface area contributed by atoms with Gasteiger partial charge < -0.3 is 14.4 Å². The van der Waals surface area contributed by atoms with E-state index in [1.807, 2.05) is 4.90 Å². The second kappa shape index (κ2) is 5.91. The topological polar surface area (TPSA) is 67.5 Å². The van der Waals surface area contributed by atoms with Gasteiger partial charge >= 0.3 is 0 Å². The van der Waals surface area contributed by atoms with Crippen LogP contribution in [0.15, 0.2) is 0 Å². The van der Waals surface area contributed by atoms with Gasteiger partial charge in [-0.15, -0.1) is 0 Å². The standard InChI is InChI=1S/C17H25N3O3/c1-22-14-4-2-6-17(14)7-3-8-20(11-17)16(21)15-12-10-23-9-5-13(12)18-19-15/h14H,2-11H2,1H3,(H,18,19)/t14-,17-/m1/s1. The number of hydrogen-bond acceptors (Lipinski definition) is 4. The third-order valence-corrected chi connectivity index (χ3v) is 5.90. The Morgan fingerprint density at radius 1 is 1.43 bits per heavy atom. The van der Waals surface area contributed by atoms with E-state index in [0.717, 1.165) is 56.5 Å². The van der Waals surface area contributed by atoms with E-state index >= 15 is 0 Å². The van der Waals surface area contributed by atoms with Gasteiger partial charge in [-0.1, -0.05) is 6.42 Å². The Labute approximate surface area is 136 Å². The van der Waals surface area contributed by atoms with Gasteiger partial charge in [-0.2, -0.15) is 5.10 Å². The Morgan fingerprint density at radius 2 is 2.30 bits per heavy atom. The van der Waals surface area contributed by atoms with E-state index in [1.54, 1.807) is 7.11 Å². The zero-order valence-corrected chi connectivity index (χ0v) is 13.8. The van der Waals surface area contributed by atoms with Crippen LogP contribution >= 0.6 is 0 Å². The van der Waals surface area contributed by atoms with E-state index in [-0.39, 0.29) is 17.4 Å². The van der Waals surface area contributed by atoms with Crippen molar-refractivity contribution in [1.82, 2.24) is 15.1 Å². The van der Waals surface area contributed by atoms with Crippen LogP contribution in [0.3, 0.4) is 0 Å². The zero-order chi connectivity index (χ0) is 15.9. The molecule has 3 heterocycles. The number of aromatic nitrogens is 2. The molecule has 1 spiro atoms. The highest BCUT2D eigenvalue weighted by atomic mass is 16.5. The van der Waals surface area contributed by atoms with Crippen molar-refractivity contribution in [3.05, 3.63) is 17.0 Å². The van der Waals surface area contributed by atoms with Crippen molar-refractivity contribution in [3.63, 3.8) is 0 Å². The van der Waals surface area contributed by atoms with Gasteiger partial charge in [0.05, 0.1) is 19.3 Å². The van der Waals surface area contributed by atoms with Gasteiger partial charge in [0.25, 0.3) is 5.91 Å². The van der Waals surface area contributed by atoms with E-state index < -0.39 is 0 Å². The lowest BCUT2D eigenvalue weighted by Crippen LogP contribution is -2.50. The summed E-state index contributed by atoms with van der Waals surface area (Å²) in [6, 6.07) is 0. The van der Waals surface area contributed by atoms with Gasteiger partial charge in [0.15, 0.2) is 5.69 Å². The van der Waals surface area contributed by atoms with E-state index in [2.05, 4.69) is 10.2 Å². The van der Waals surface area contributed by atoms with Crippen LogP contribution in [0.4, 0.5) is 0 Å². The molecule has 2 aliphatic heterocycles. The minimum Gasteiger partial charge on any atom is -0.381 e. The van der Waals surface area contributed by atoms with Crippen LogP contribution in [-0.2, 0) is 22.5 Å². The summed E-state index contributed by atoms with van der Waals surface area (Å²) in [6.07, 6.45) is 6.79. The fourth-order valence-corrected chi connectivity index (χ4v) is 4.71. The van der Waals surface area contributed by atoms with Crippen molar-refractivity contribution in [2.75, 3.05) is 26.8 Å². The van der Waals surface area contributed by atoms with Crippen LogP contribution in [0.5, 0.6) is 0 Å². The molecule has 1 saturated heterocycles. The molecule has 1 aliphatic carbocycles. The first-order chi connectivity index (χ1) is 11.2. The zero-order valence-electron chi connectivity index (χ0n) is 13.8. The predicted molar refractivity (Wildman–Crippen MR) is 84.2 cm³/mol. The second-order valence-corrected chi connectivity index (χ2v) is 7.14. The van der Waals surface area contributed by atoms with Crippen molar-refractivity contribution in [2.45, 2.75) is 51.2 Å². The number of amides is 1. The summed E-state index contributed by atoms with van der Waals surface area (Å²) < 4.78 is 11.2. The van der Waals surface area contributed by atoms with Gasteiger partial charge in [0, 0.05) is 43.3 Å². The fraction of sp³-hybridized carbons (Fsp3) is 0.765. The van der Waals surface area contributed by atoms with Crippen molar-refractivity contribution >= 4 is 5.91 Å². The molecule has 1 amide bonds. The number of nitrogens with zero attached hydrogens (tertiary/aromatic N) is 2. The Bertz CT molecular complexity index is 600. The van der Waals surface area contributed by atoms with Gasteiger partial charge in [0.2, 0.25) is 0 Å². The van der Waals surface area contributed by atoms with Crippen LogP contribution in [0.1, 0.15) is 53.8 Å². The SMILES string of the molecule is CO[C@@H]1CCC[C@]12CCCN(C(=O)c1n[nH]c3c1COCC3)C2. The number of carbonyl (C=O) groups excluding carboxylic acids is 1. The number of ether oxygens (including phenoxy) is 2. The van der Waals surface area contributed by atoms with Crippen LogP contribution in [0.25, 0.3) is 0 Å². The summed E-state index contributed by atoms with van der Waals surface area (Å²) in [7, 11) is 1.81. The predicted octanol–water partition coefficient (Wildman–Crippen LogP) is 1.90. The molecule has 2 atom stereocenters. The normalized spacial score (nSPS) is 30.7.